The van der Waals surface area contributed by atoms with Crippen LogP contribution in [-0.4, -0.2) is 32.6 Å². The molecule has 0 radical (unpaired) electrons. The van der Waals surface area contributed by atoms with Crippen molar-refractivity contribution in [1.29, 1.82) is 0 Å². The number of ether oxygens (including phenoxy) is 1. The van der Waals surface area contributed by atoms with Gasteiger partial charge in [0.05, 0.1) is 29.6 Å². The van der Waals surface area contributed by atoms with Gasteiger partial charge in [0.15, 0.2) is 5.13 Å². The molecular formula is C18H15N5O2S2. The summed E-state index contributed by atoms with van der Waals surface area (Å²) in [6, 6.07) is 9.47. The smallest absolute Gasteiger partial charge is 0.274 e. The Kier molecular flexibility index (Phi) is 4.78. The summed E-state index contributed by atoms with van der Waals surface area (Å²) >= 11 is 2.55. The van der Waals surface area contributed by atoms with Gasteiger partial charge in [-0.2, -0.15) is 0 Å². The maximum Gasteiger partial charge on any atom is 0.274 e. The first-order chi connectivity index (χ1) is 13.2. The summed E-state index contributed by atoms with van der Waals surface area (Å²) in [5.41, 5.74) is 2.32. The number of thiazole rings is 1. The molecule has 4 aromatic rings. The summed E-state index contributed by atoms with van der Waals surface area (Å²) < 4.78 is 10.1. The number of hydrogen-bond donors (Lipinski definition) is 0. The van der Waals surface area contributed by atoms with Gasteiger partial charge in [0.2, 0.25) is 0 Å². The number of carbonyl (C=O) groups is 1. The lowest BCUT2D eigenvalue weighted by molar-refractivity contribution is 0.0988. The van der Waals surface area contributed by atoms with Crippen LogP contribution in [0.1, 0.15) is 20.9 Å². The highest BCUT2D eigenvalue weighted by atomic mass is 32.1. The molecule has 27 heavy (non-hydrogen) atoms. The van der Waals surface area contributed by atoms with Gasteiger partial charge >= 0.3 is 0 Å². The summed E-state index contributed by atoms with van der Waals surface area (Å²) in [6.07, 6.45) is 3.45. The van der Waals surface area contributed by atoms with Crippen LogP contribution in [-0.2, 0) is 6.54 Å². The summed E-state index contributed by atoms with van der Waals surface area (Å²) in [6.45, 7) is 2.14. The fraction of sp³-hybridized carbons (Fsp3) is 0.167. The number of hydrogen-bond acceptors (Lipinski definition) is 8. The summed E-state index contributed by atoms with van der Waals surface area (Å²) in [5.74, 6) is 0.560. The lowest BCUT2D eigenvalue weighted by Crippen LogP contribution is -2.30. The van der Waals surface area contributed by atoms with E-state index in [-0.39, 0.29) is 5.91 Å². The van der Waals surface area contributed by atoms with Gasteiger partial charge in [0.25, 0.3) is 5.91 Å². The Morgan fingerprint density at radius 1 is 1.30 bits per heavy atom. The minimum Gasteiger partial charge on any atom is -0.497 e. The minimum absolute atomic E-state index is 0.169. The zero-order valence-corrected chi connectivity index (χ0v) is 16.3. The van der Waals surface area contributed by atoms with Crippen molar-refractivity contribution >= 4 is 44.1 Å². The van der Waals surface area contributed by atoms with E-state index >= 15 is 0 Å². The van der Waals surface area contributed by atoms with Gasteiger partial charge in [-0.3, -0.25) is 14.7 Å². The molecule has 0 aliphatic heterocycles. The third-order valence-electron chi connectivity index (χ3n) is 3.97. The predicted molar refractivity (Wildman–Crippen MR) is 106 cm³/mol. The molecule has 3 aromatic heterocycles. The van der Waals surface area contributed by atoms with Gasteiger partial charge in [-0.15, -0.1) is 5.10 Å². The standard InChI is InChI=1S/C18H15N5O2S2/c1-11-16(27-22-21-11)17(24)23(10-12-4-3-7-19-9-12)18-20-14-8-13(25-2)5-6-15(14)26-18/h3-9H,10H2,1-2H3. The Bertz CT molecular complexity index is 1090. The van der Waals surface area contributed by atoms with E-state index < -0.39 is 0 Å². The highest BCUT2D eigenvalue weighted by molar-refractivity contribution is 7.22. The number of aromatic nitrogens is 4. The van der Waals surface area contributed by atoms with Gasteiger partial charge in [0, 0.05) is 18.5 Å². The Labute approximate surface area is 163 Å². The van der Waals surface area contributed by atoms with Crippen molar-refractivity contribution in [2.24, 2.45) is 0 Å². The van der Waals surface area contributed by atoms with Crippen molar-refractivity contribution in [2.75, 3.05) is 12.0 Å². The molecule has 0 aliphatic carbocycles. The molecule has 0 spiro atoms. The largest absolute Gasteiger partial charge is 0.497 e. The fourth-order valence-electron chi connectivity index (χ4n) is 2.59. The predicted octanol–water partition coefficient (Wildman–Crippen LogP) is 3.71. The number of aryl methyl sites for hydroxylation is 1. The van der Waals surface area contributed by atoms with E-state index in [2.05, 4.69) is 19.6 Å². The first kappa shape index (κ1) is 17.5. The molecule has 9 heteroatoms. The summed E-state index contributed by atoms with van der Waals surface area (Å²) in [7, 11) is 1.62. The van der Waals surface area contributed by atoms with E-state index in [0.717, 1.165) is 33.1 Å². The van der Waals surface area contributed by atoms with Crippen LogP contribution < -0.4 is 9.64 Å². The first-order valence-corrected chi connectivity index (χ1v) is 9.69. The quantitative estimate of drug-likeness (QED) is 0.511. The number of rotatable bonds is 5. The molecule has 1 aromatic carbocycles. The molecule has 0 saturated heterocycles. The van der Waals surface area contributed by atoms with Crippen molar-refractivity contribution in [1.82, 2.24) is 19.6 Å². The number of anilines is 1. The van der Waals surface area contributed by atoms with Crippen LogP contribution >= 0.6 is 22.9 Å². The zero-order valence-electron chi connectivity index (χ0n) is 14.6. The van der Waals surface area contributed by atoms with E-state index in [1.165, 1.54) is 11.3 Å². The van der Waals surface area contributed by atoms with Crippen LogP contribution in [0.2, 0.25) is 0 Å². The second-order valence-corrected chi connectivity index (χ2v) is 7.53. The maximum atomic E-state index is 13.2. The fourth-order valence-corrected chi connectivity index (χ4v) is 4.14. The van der Waals surface area contributed by atoms with E-state index in [9.17, 15) is 4.79 Å². The van der Waals surface area contributed by atoms with Crippen LogP contribution in [0.3, 0.4) is 0 Å². The molecule has 136 valence electrons. The van der Waals surface area contributed by atoms with E-state index in [4.69, 9.17) is 4.74 Å². The molecule has 0 unspecified atom stereocenters. The Morgan fingerprint density at radius 2 is 2.19 bits per heavy atom. The monoisotopic (exact) mass is 397 g/mol. The minimum atomic E-state index is -0.169. The Morgan fingerprint density at radius 3 is 2.89 bits per heavy atom. The summed E-state index contributed by atoms with van der Waals surface area (Å²) in [5, 5.41) is 4.57. The zero-order chi connectivity index (χ0) is 18.8. The van der Waals surface area contributed by atoms with Crippen molar-refractivity contribution in [3.63, 3.8) is 0 Å². The number of pyridine rings is 1. The van der Waals surface area contributed by atoms with E-state index in [0.29, 0.717) is 22.2 Å². The van der Waals surface area contributed by atoms with Crippen molar-refractivity contribution in [3.8, 4) is 5.75 Å². The summed E-state index contributed by atoms with van der Waals surface area (Å²) in [4.78, 5) is 24.2. The van der Waals surface area contributed by atoms with Gasteiger partial charge < -0.3 is 4.74 Å². The number of amides is 1. The number of nitrogens with zero attached hydrogens (tertiary/aromatic N) is 5. The molecular weight excluding hydrogens is 382 g/mol. The van der Waals surface area contributed by atoms with Crippen LogP contribution in [0.15, 0.2) is 42.7 Å². The molecule has 0 N–H and O–H groups in total. The van der Waals surface area contributed by atoms with Gasteiger partial charge in [-0.05, 0) is 42.2 Å². The second kappa shape index (κ2) is 7.37. The molecule has 0 bridgehead atoms. The molecule has 1 amide bonds. The lowest BCUT2D eigenvalue weighted by Gasteiger charge is -2.19. The second-order valence-electron chi connectivity index (χ2n) is 5.77. The molecule has 7 nitrogen and oxygen atoms in total. The topological polar surface area (TPSA) is 81.1 Å². The molecule has 3 heterocycles. The lowest BCUT2D eigenvalue weighted by atomic mass is 10.2. The third-order valence-corrected chi connectivity index (χ3v) is 5.84. The average molecular weight is 397 g/mol. The SMILES string of the molecule is COc1ccc2sc(N(Cc3cccnc3)C(=O)c3snnc3C)nc2c1. The van der Waals surface area contributed by atoms with E-state index in [1.807, 2.05) is 30.3 Å². The Hall–Kier alpha value is -2.91. The van der Waals surface area contributed by atoms with Crippen LogP contribution in [0.5, 0.6) is 5.75 Å². The molecule has 0 fully saturated rings. The molecule has 0 aliphatic rings. The van der Waals surface area contributed by atoms with Crippen LogP contribution in [0.4, 0.5) is 5.13 Å². The van der Waals surface area contributed by atoms with Gasteiger partial charge in [0.1, 0.15) is 10.6 Å². The molecule has 4 rings (SSSR count). The average Bonchev–Trinajstić information content (AvgIpc) is 3.31. The number of carbonyl (C=O) groups excluding carboxylic acids is 1. The van der Waals surface area contributed by atoms with Gasteiger partial charge in [-0.25, -0.2) is 4.98 Å². The number of benzene rings is 1. The molecule has 0 atom stereocenters. The first-order valence-electron chi connectivity index (χ1n) is 8.10. The highest BCUT2D eigenvalue weighted by Gasteiger charge is 2.25. The van der Waals surface area contributed by atoms with Crippen LogP contribution in [0.25, 0.3) is 10.2 Å². The highest BCUT2D eigenvalue weighted by Crippen LogP contribution is 2.33. The Balaban J connectivity index is 1.77. The van der Waals surface area contributed by atoms with Crippen molar-refractivity contribution in [3.05, 3.63) is 58.9 Å². The van der Waals surface area contributed by atoms with Crippen LogP contribution in [0, 0.1) is 6.92 Å². The van der Waals surface area contributed by atoms with Gasteiger partial charge in [-0.1, -0.05) is 21.9 Å². The molecule has 0 saturated carbocycles. The van der Waals surface area contributed by atoms with Crippen molar-refractivity contribution in [2.45, 2.75) is 13.5 Å². The van der Waals surface area contributed by atoms with E-state index in [1.54, 1.807) is 31.3 Å². The third kappa shape index (κ3) is 3.51. The number of fused-ring (bicyclic) bond motifs is 1. The normalized spacial score (nSPS) is 10.9. The maximum absolute atomic E-state index is 13.2. The number of methoxy groups -OCH3 is 1. The van der Waals surface area contributed by atoms with Crippen molar-refractivity contribution < 1.29 is 9.53 Å².